The van der Waals surface area contributed by atoms with Crippen LogP contribution in [0.1, 0.15) is 58.9 Å². The lowest BCUT2D eigenvalue weighted by Crippen LogP contribution is -2.56. The van der Waals surface area contributed by atoms with Gasteiger partial charge in [0.25, 0.3) is 0 Å². The maximum Gasteiger partial charge on any atom is 0.235 e. The van der Waals surface area contributed by atoms with Gasteiger partial charge in [0.15, 0.2) is 0 Å². The number of aliphatic hydroxyl groups is 1. The molecule has 3 N–H and O–H groups in total. The molecule has 4 atom stereocenters. The minimum atomic E-state index is -1.75. The number of carbonyl (C=O) groups is 3. The lowest BCUT2D eigenvalue weighted by atomic mass is 9.61. The third-order valence-corrected chi connectivity index (χ3v) is 7.95. The third kappa shape index (κ3) is 8.22. The zero-order valence-corrected chi connectivity index (χ0v) is 26.7. The summed E-state index contributed by atoms with van der Waals surface area (Å²) >= 11 is 0. The topological polar surface area (TPSA) is 123 Å². The van der Waals surface area contributed by atoms with Gasteiger partial charge in [-0.1, -0.05) is 50.2 Å². The molecule has 3 aromatic carbocycles. The molecule has 0 spiro atoms. The molecule has 9 nitrogen and oxygen atoms in total. The number of hydrogen-bond donors (Lipinski definition) is 3. The molecule has 4 rings (SSSR count). The number of benzene rings is 3. The van der Waals surface area contributed by atoms with Gasteiger partial charge in [-0.05, 0) is 75.1 Å². The van der Waals surface area contributed by atoms with Gasteiger partial charge in [0, 0.05) is 12.3 Å². The lowest BCUT2D eigenvalue weighted by Gasteiger charge is -2.44. The summed E-state index contributed by atoms with van der Waals surface area (Å²) in [5.41, 5.74) is -0.361. The van der Waals surface area contributed by atoms with Crippen LogP contribution >= 0.6 is 0 Å². The number of ketones is 1. The predicted octanol–water partition coefficient (Wildman–Crippen LogP) is 6.23. The van der Waals surface area contributed by atoms with Gasteiger partial charge in [-0.2, -0.15) is 0 Å². The van der Waals surface area contributed by atoms with E-state index in [-0.39, 0.29) is 6.42 Å². The number of amides is 2. The first-order chi connectivity index (χ1) is 21.6. The average molecular weight is 617 g/mol. The smallest absolute Gasteiger partial charge is 0.235 e. The number of Topliss-reactive ketones (excluding diaryl/α,β-unsaturated/α-hetero) is 1. The second kappa shape index (κ2) is 15.1. The van der Waals surface area contributed by atoms with Gasteiger partial charge in [0.2, 0.25) is 11.8 Å². The molecule has 0 radical (unpaired) electrons. The van der Waals surface area contributed by atoms with Crippen LogP contribution in [0.25, 0.3) is 0 Å². The highest BCUT2D eigenvalue weighted by Gasteiger charge is 2.56. The van der Waals surface area contributed by atoms with Crippen molar-refractivity contribution in [2.45, 2.75) is 59.0 Å². The van der Waals surface area contributed by atoms with E-state index >= 15 is 0 Å². The first-order valence-corrected chi connectivity index (χ1v) is 15.6. The van der Waals surface area contributed by atoms with Crippen molar-refractivity contribution in [2.24, 2.45) is 17.8 Å². The van der Waals surface area contributed by atoms with Crippen molar-refractivity contribution in [1.82, 2.24) is 0 Å². The molecule has 0 heterocycles. The molecule has 1 fully saturated rings. The largest absolute Gasteiger partial charge is 0.494 e. The van der Waals surface area contributed by atoms with Gasteiger partial charge >= 0.3 is 0 Å². The first-order valence-electron chi connectivity index (χ1n) is 15.6. The normalized spacial score (nSPS) is 21.2. The summed E-state index contributed by atoms with van der Waals surface area (Å²) < 4.78 is 17.3. The summed E-state index contributed by atoms with van der Waals surface area (Å²) in [4.78, 5) is 41.9. The van der Waals surface area contributed by atoms with Crippen molar-refractivity contribution in [1.29, 1.82) is 0 Å². The second-order valence-electron chi connectivity index (χ2n) is 11.9. The van der Waals surface area contributed by atoms with Crippen LogP contribution in [0.2, 0.25) is 0 Å². The Labute approximate surface area is 265 Å². The molecule has 240 valence electrons. The van der Waals surface area contributed by atoms with Crippen molar-refractivity contribution in [3.8, 4) is 17.2 Å². The monoisotopic (exact) mass is 616 g/mol. The summed E-state index contributed by atoms with van der Waals surface area (Å²) in [5, 5.41) is 17.5. The van der Waals surface area contributed by atoms with E-state index in [1.807, 2.05) is 13.8 Å². The van der Waals surface area contributed by atoms with Gasteiger partial charge < -0.3 is 30.0 Å². The van der Waals surface area contributed by atoms with Gasteiger partial charge in [0.05, 0.1) is 42.7 Å². The Morgan fingerprint density at radius 3 is 1.91 bits per heavy atom. The lowest BCUT2D eigenvalue weighted by molar-refractivity contribution is -0.150. The highest BCUT2D eigenvalue weighted by atomic mass is 16.5. The molecule has 0 aliphatic heterocycles. The van der Waals surface area contributed by atoms with Crippen molar-refractivity contribution in [2.75, 3.05) is 30.5 Å². The minimum Gasteiger partial charge on any atom is -0.494 e. The van der Waals surface area contributed by atoms with Crippen LogP contribution in [-0.2, 0) is 14.4 Å². The quantitative estimate of drug-likeness (QED) is 0.195. The van der Waals surface area contributed by atoms with E-state index in [1.54, 1.807) is 72.8 Å². The van der Waals surface area contributed by atoms with Crippen molar-refractivity contribution < 1.29 is 33.7 Å². The standard InChI is InChI=1S/C36H44N2O7/c1-6-43-29-14-10-8-12-26(29)37-34(40)32-28(39)22-36(5,42)33(35(41)38-27-13-9-11-15-30(27)44-7-2)31(32)24-16-18-25(19-17-24)45-21-20-23(3)4/h8-19,23,31-33,42H,6-7,20-22H2,1-5H3,(H,37,40)(H,38,41). The summed E-state index contributed by atoms with van der Waals surface area (Å²) in [6.07, 6.45) is 0.509. The third-order valence-electron chi connectivity index (χ3n) is 7.95. The second-order valence-corrected chi connectivity index (χ2v) is 11.9. The van der Waals surface area contributed by atoms with Crippen LogP contribution < -0.4 is 24.8 Å². The van der Waals surface area contributed by atoms with E-state index in [9.17, 15) is 19.5 Å². The molecule has 1 aliphatic rings. The predicted molar refractivity (Wildman–Crippen MR) is 174 cm³/mol. The Kier molecular flexibility index (Phi) is 11.2. The van der Waals surface area contributed by atoms with Crippen molar-refractivity contribution in [3.63, 3.8) is 0 Å². The van der Waals surface area contributed by atoms with Crippen LogP contribution in [0.15, 0.2) is 72.8 Å². The highest BCUT2D eigenvalue weighted by molar-refractivity contribution is 6.11. The molecule has 1 saturated carbocycles. The molecule has 9 heteroatoms. The van der Waals surface area contributed by atoms with Crippen LogP contribution in [0, 0.1) is 17.8 Å². The number of nitrogens with one attached hydrogen (secondary N) is 2. The molecule has 3 aromatic rings. The number of hydrogen-bond acceptors (Lipinski definition) is 7. The van der Waals surface area contributed by atoms with E-state index < -0.39 is 41.0 Å². The molecule has 2 amide bonds. The average Bonchev–Trinajstić information content (AvgIpc) is 2.98. The van der Waals surface area contributed by atoms with Crippen molar-refractivity contribution >= 4 is 29.0 Å². The Morgan fingerprint density at radius 2 is 1.38 bits per heavy atom. The number of para-hydroxylation sites is 4. The van der Waals surface area contributed by atoms with Gasteiger partial charge in [-0.25, -0.2) is 0 Å². The Balaban J connectivity index is 1.74. The molecule has 0 saturated heterocycles. The van der Waals surface area contributed by atoms with Crippen LogP contribution in [0.5, 0.6) is 17.2 Å². The van der Waals surface area contributed by atoms with E-state index in [2.05, 4.69) is 24.5 Å². The Hall–Kier alpha value is -4.37. The van der Waals surface area contributed by atoms with E-state index in [0.29, 0.717) is 59.9 Å². The Bertz CT molecular complexity index is 1470. The molecular formula is C36H44N2O7. The van der Waals surface area contributed by atoms with Gasteiger partial charge in [-0.15, -0.1) is 0 Å². The fourth-order valence-corrected chi connectivity index (χ4v) is 5.81. The molecule has 4 unspecified atom stereocenters. The Morgan fingerprint density at radius 1 is 0.844 bits per heavy atom. The molecular weight excluding hydrogens is 572 g/mol. The van der Waals surface area contributed by atoms with Crippen LogP contribution in [0.3, 0.4) is 0 Å². The molecule has 0 bridgehead atoms. The zero-order valence-electron chi connectivity index (χ0n) is 26.7. The van der Waals surface area contributed by atoms with Crippen LogP contribution in [0.4, 0.5) is 11.4 Å². The maximum absolute atomic E-state index is 14.2. The molecule has 45 heavy (non-hydrogen) atoms. The highest BCUT2D eigenvalue weighted by Crippen LogP contribution is 2.47. The minimum absolute atomic E-state index is 0.379. The SMILES string of the molecule is CCOc1ccccc1NC(=O)C1C(=O)CC(C)(O)C(C(=O)Nc2ccccc2OCC)C1c1ccc(OCCC(C)C)cc1. The molecule has 1 aliphatic carbocycles. The van der Waals surface area contributed by atoms with E-state index in [0.717, 1.165) is 6.42 Å². The number of carbonyl (C=O) groups excluding carboxylic acids is 3. The summed E-state index contributed by atoms with van der Waals surface area (Å²) in [6.45, 7) is 10.7. The number of ether oxygens (including phenoxy) is 3. The fraction of sp³-hybridized carbons (Fsp3) is 0.417. The number of anilines is 2. The van der Waals surface area contributed by atoms with Gasteiger partial charge in [-0.3, -0.25) is 14.4 Å². The molecule has 0 aromatic heterocycles. The zero-order chi connectivity index (χ0) is 32.6. The maximum atomic E-state index is 14.2. The fourth-order valence-electron chi connectivity index (χ4n) is 5.81. The van der Waals surface area contributed by atoms with Gasteiger partial charge in [0.1, 0.15) is 28.9 Å². The van der Waals surface area contributed by atoms with Crippen molar-refractivity contribution in [3.05, 3.63) is 78.4 Å². The van der Waals surface area contributed by atoms with E-state index in [4.69, 9.17) is 14.2 Å². The first kappa shape index (κ1) is 33.5. The summed E-state index contributed by atoms with van der Waals surface area (Å²) in [5.74, 6) is -2.97. The summed E-state index contributed by atoms with van der Waals surface area (Å²) in [6, 6.07) is 21.0. The van der Waals surface area contributed by atoms with E-state index in [1.165, 1.54) is 6.92 Å². The number of rotatable bonds is 13. The summed E-state index contributed by atoms with van der Waals surface area (Å²) in [7, 11) is 0. The van der Waals surface area contributed by atoms with Crippen LogP contribution in [-0.4, -0.2) is 48.1 Å².